The minimum atomic E-state index is -0.473. The van der Waals surface area contributed by atoms with Crippen LogP contribution in [0.5, 0.6) is 0 Å². The van der Waals surface area contributed by atoms with Gasteiger partial charge in [0, 0.05) is 6.20 Å². The smallest absolute Gasteiger partial charge is 0.280 e. The van der Waals surface area contributed by atoms with Crippen LogP contribution in [0.4, 0.5) is 4.39 Å². The highest BCUT2D eigenvalue weighted by atomic mass is 19.1. The van der Waals surface area contributed by atoms with Crippen LogP contribution in [0.2, 0.25) is 0 Å². The number of hydrogen-bond donors (Lipinski definition) is 0. The van der Waals surface area contributed by atoms with Crippen LogP contribution in [-0.2, 0) is 13.1 Å². The Hall–Kier alpha value is -2.58. The summed E-state index contributed by atoms with van der Waals surface area (Å²) in [4.78, 5) is 5.76. The molecule has 3 rings (SSSR count). The molecule has 104 valence electrons. The molecule has 0 aliphatic rings. The average Bonchev–Trinajstić information content (AvgIpc) is 3.18. The SMILES string of the molecule is CCn1ncc(-c2nc(-c3cnn(CCF)c3)no2)n1. The van der Waals surface area contributed by atoms with E-state index in [0.29, 0.717) is 23.6 Å². The molecule has 0 saturated carbocycles. The van der Waals surface area contributed by atoms with Crippen molar-refractivity contribution >= 4 is 0 Å². The molecule has 0 saturated heterocycles. The van der Waals surface area contributed by atoms with Gasteiger partial charge in [-0.3, -0.25) is 4.68 Å². The van der Waals surface area contributed by atoms with E-state index in [1.54, 1.807) is 18.6 Å². The van der Waals surface area contributed by atoms with Gasteiger partial charge in [0.1, 0.15) is 6.67 Å². The van der Waals surface area contributed by atoms with E-state index in [1.165, 1.54) is 9.48 Å². The molecule has 0 unspecified atom stereocenters. The maximum atomic E-state index is 12.2. The summed E-state index contributed by atoms with van der Waals surface area (Å²) in [6.45, 7) is 2.33. The fourth-order valence-electron chi connectivity index (χ4n) is 1.68. The number of aromatic nitrogens is 7. The maximum absolute atomic E-state index is 12.2. The monoisotopic (exact) mass is 277 g/mol. The maximum Gasteiger partial charge on any atom is 0.280 e. The van der Waals surface area contributed by atoms with Crippen molar-refractivity contribution in [2.75, 3.05) is 6.67 Å². The zero-order chi connectivity index (χ0) is 13.9. The lowest BCUT2D eigenvalue weighted by molar-refractivity contribution is 0.427. The van der Waals surface area contributed by atoms with Crippen LogP contribution < -0.4 is 0 Å². The van der Waals surface area contributed by atoms with E-state index in [4.69, 9.17) is 4.52 Å². The molecule has 8 nitrogen and oxygen atoms in total. The van der Waals surface area contributed by atoms with Gasteiger partial charge in [0.15, 0.2) is 5.69 Å². The van der Waals surface area contributed by atoms with Gasteiger partial charge in [0.05, 0.1) is 31.0 Å². The van der Waals surface area contributed by atoms with Crippen molar-refractivity contribution in [3.63, 3.8) is 0 Å². The molecule has 0 bridgehead atoms. The van der Waals surface area contributed by atoms with Gasteiger partial charge in [-0.25, -0.2) is 4.39 Å². The van der Waals surface area contributed by atoms with E-state index in [2.05, 4.69) is 25.4 Å². The molecule has 0 radical (unpaired) electrons. The van der Waals surface area contributed by atoms with Crippen molar-refractivity contribution in [2.24, 2.45) is 0 Å². The Morgan fingerprint density at radius 2 is 2.20 bits per heavy atom. The van der Waals surface area contributed by atoms with E-state index < -0.39 is 6.67 Å². The lowest BCUT2D eigenvalue weighted by atomic mass is 10.3. The highest BCUT2D eigenvalue weighted by Crippen LogP contribution is 2.19. The minimum Gasteiger partial charge on any atom is -0.332 e. The van der Waals surface area contributed by atoms with Crippen molar-refractivity contribution < 1.29 is 8.91 Å². The molecule has 0 aromatic carbocycles. The van der Waals surface area contributed by atoms with Crippen LogP contribution >= 0.6 is 0 Å². The van der Waals surface area contributed by atoms with Gasteiger partial charge in [0.2, 0.25) is 5.82 Å². The predicted octanol–water partition coefficient (Wildman–Crippen LogP) is 1.18. The first-order valence-electron chi connectivity index (χ1n) is 6.13. The highest BCUT2D eigenvalue weighted by molar-refractivity contribution is 5.55. The third kappa shape index (κ3) is 2.29. The van der Waals surface area contributed by atoms with E-state index in [-0.39, 0.29) is 12.4 Å². The largest absolute Gasteiger partial charge is 0.332 e. The number of rotatable bonds is 5. The third-order valence-electron chi connectivity index (χ3n) is 2.67. The number of nitrogens with zero attached hydrogens (tertiary/aromatic N) is 7. The molecule has 0 aliphatic heterocycles. The van der Waals surface area contributed by atoms with E-state index >= 15 is 0 Å². The Labute approximate surface area is 113 Å². The van der Waals surface area contributed by atoms with Crippen LogP contribution in [0.25, 0.3) is 23.0 Å². The van der Waals surface area contributed by atoms with E-state index in [9.17, 15) is 4.39 Å². The molecule has 0 spiro atoms. The fraction of sp³-hybridized carbons (Fsp3) is 0.364. The molecule has 9 heteroatoms. The predicted molar refractivity (Wildman–Crippen MR) is 66.2 cm³/mol. The Morgan fingerprint density at radius 1 is 1.30 bits per heavy atom. The molecule has 0 aliphatic carbocycles. The van der Waals surface area contributed by atoms with Gasteiger partial charge < -0.3 is 4.52 Å². The minimum absolute atomic E-state index is 0.204. The van der Waals surface area contributed by atoms with Crippen LogP contribution in [-0.4, -0.2) is 41.6 Å². The molecule has 0 atom stereocenters. The Morgan fingerprint density at radius 3 is 2.95 bits per heavy atom. The van der Waals surface area contributed by atoms with Crippen molar-refractivity contribution in [1.29, 1.82) is 0 Å². The highest BCUT2D eigenvalue weighted by Gasteiger charge is 2.14. The van der Waals surface area contributed by atoms with Crippen molar-refractivity contribution in [2.45, 2.75) is 20.0 Å². The normalized spacial score (nSPS) is 11.1. The second-order valence-electron chi connectivity index (χ2n) is 4.02. The molecular formula is C11H12FN7O. The van der Waals surface area contributed by atoms with Crippen LogP contribution in [0.1, 0.15) is 6.92 Å². The fourth-order valence-corrected chi connectivity index (χ4v) is 1.68. The van der Waals surface area contributed by atoms with Gasteiger partial charge in [0.25, 0.3) is 5.89 Å². The summed E-state index contributed by atoms with van der Waals surface area (Å²) >= 11 is 0. The number of hydrogen-bond acceptors (Lipinski definition) is 6. The Kier molecular flexibility index (Phi) is 3.23. The molecule has 0 amide bonds. The van der Waals surface area contributed by atoms with Gasteiger partial charge >= 0.3 is 0 Å². The number of alkyl halides is 1. The van der Waals surface area contributed by atoms with Crippen LogP contribution in [0, 0.1) is 0 Å². The molecule has 0 fully saturated rings. The van der Waals surface area contributed by atoms with Gasteiger partial charge in [-0.1, -0.05) is 5.16 Å². The standard InChI is InChI=1S/C11H12FN7O/c1-2-19-14-6-9(16-19)11-15-10(17-20-11)8-5-13-18(7-8)4-3-12/h5-7H,2-4H2,1H3. The lowest BCUT2D eigenvalue weighted by Crippen LogP contribution is -1.98. The molecular weight excluding hydrogens is 265 g/mol. The third-order valence-corrected chi connectivity index (χ3v) is 2.67. The van der Waals surface area contributed by atoms with E-state index in [1.807, 2.05) is 6.92 Å². The lowest BCUT2D eigenvalue weighted by Gasteiger charge is -1.92. The zero-order valence-corrected chi connectivity index (χ0v) is 10.8. The van der Waals surface area contributed by atoms with Crippen molar-refractivity contribution in [3.8, 4) is 23.0 Å². The van der Waals surface area contributed by atoms with Gasteiger partial charge in [-0.15, -0.1) is 5.10 Å². The summed E-state index contributed by atoms with van der Waals surface area (Å²) < 4.78 is 18.9. The Bertz CT molecular complexity index is 701. The zero-order valence-electron chi connectivity index (χ0n) is 10.8. The average molecular weight is 277 g/mol. The molecule has 3 aromatic heterocycles. The Balaban J connectivity index is 1.85. The molecule has 3 heterocycles. The summed E-state index contributed by atoms with van der Waals surface area (Å²) in [6, 6.07) is 0. The van der Waals surface area contributed by atoms with E-state index in [0.717, 1.165) is 0 Å². The second kappa shape index (κ2) is 5.19. The first-order chi connectivity index (χ1) is 9.80. The molecule has 0 N–H and O–H groups in total. The van der Waals surface area contributed by atoms with Crippen molar-refractivity contribution in [3.05, 3.63) is 18.6 Å². The molecule has 3 aromatic rings. The quantitative estimate of drug-likeness (QED) is 0.696. The first kappa shape index (κ1) is 12.5. The summed E-state index contributed by atoms with van der Waals surface area (Å²) in [5.41, 5.74) is 1.18. The number of aryl methyl sites for hydroxylation is 2. The van der Waals surface area contributed by atoms with Crippen LogP contribution in [0.15, 0.2) is 23.1 Å². The van der Waals surface area contributed by atoms with Crippen LogP contribution in [0.3, 0.4) is 0 Å². The topological polar surface area (TPSA) is 87.5 Å². The molecule has 20 heavy (non-hydrogen) atoms. The van der Waals surface area contributed by atoms with Crippen molar-refractivity contribution in [1.82, 2.24) is 34.9 Å². The van der Waals surface area contributed by atoms with Gasteiger partial charge in [-0.2, -0.15) is 20.0 Å². The number of halogens is 1. The summed E-state index contributed by atoms with van der Waals surface area (Å²) in [5.74, 6) is 0.675. The van der Waals surface area contributed by atoms with Gasteiger partial charge in [-0.05, 0) is 6.92 Å². The summed E-state index contributed by atoms with van der Waals surface area (Å²) in [5, 5.41) is 16.1. The summed E-state index contributed by atoms with van der Waals surface area (Å²) in [6.07, 6.45) is 4.79. The first-order valence-corrected chi connectivity index (χ1v) is 6.13. The summed E-state index contributed by atoms with van der Waals surface area (Å²) in [7, 11) is 0. The second-order valence-corrected chi connectivity index (χ2v) is 4.02.